The van der Waals surface area contributed by atoms with Gasteiger partial charge in [0.25, 0.3) is 5.91 Å². The molecular formula is C28H31FN6O4. The number of carbonyl (C=O) groups is 3. The van der Waals surface area contributed by atoms with E-state index in [1.54, 1.807) is 16.8 Å². The Kier molecular flexibility index (Phi) is 7.97. The van der Waals surface area contributed by atoms with Crippen molar-refractivity contribution in [1.82, 2.24) is 29.9 Å². The zero-order valence-corrected chi connectivity index (χ0v) is 21.8. The molecule has 11 heteroatoms. The number of aldehydes is 1. The molecule has 0 aliphatic carbocycles. The fourth-order valence-electron chi connectivity index (χ4n) is 5.12. The van der Waals surface area contributed by atoms with E-state index in [1.807, 2.05) is 18.2 Å². The Bertz CT molecular complexity index is 1360. The molecule has 10 nitrogen and oxygen atoms in total. The van der Waals surface area contributed by atoms with Gasteiger partial charge in [-0.25, -0.2) is 14.1 Å². The summed E-state index contributed by atoms with van der Waals surface area (Å²) >= 11 is 0. The van der Waals surface area contributed by atoms with Crippen molar-refractivity contribution in [2.75, 3.05) is 13.6 Å². The lowest BCUT2D eigenvalue weighted by atomic mass is 10.1. The zero-order valence-electron chi connectivity index (χ0n) is 21.8. The largest absolute Gasteiger partial charge is 0.489 e. The van der Waals surface area contributed by atoms with Crippen molar-refractivity contribution in [2.24, 2.45) is 0 Å². The summed E-state index contributed by atoms with van der Waals surface area (Å²) < 4.78 is 20.8. The third-order valence-corrected chi connectivity index (χ3v) is 7.16. The van der Waals surface area contributed by atoms with Gasteiger partial charge in [0, 0.05) is 37.7 Å². The number of hydrogen-bond donors (Lipinski definition) is 1. The van der Waals surface area contributed by atoms with E-state index in [1.165, 1.54) is 11.9 Å². The molecule has 39 heavy (non-hydrogen) atoms. The average molecular weight is 535 g/mol. The summed E-state index contributed by atoms with van der Waals surface area (Å²) in [6.45, 7) is 2.81. The molecule has 1 unspecified atom stereocenters. The number of fused-ring (bicyclic) bond motifs is 2. The zero-order chi connectivity index (χ0) is 27.4. The van der Waals surface area contributed by atoms with Crippen molar-refractivity contribution in [3.05, 3.63) is 76.4 Å². The quantitative estimate of drug-likeness (QED) is 0.376. The predicted molar refractivity (Wildman–Crippen MR) is 139 cm³/mol. The van der Waals surface area contributed by atoms with Crippen LogP contribution in [0.4, 0.5) is 4.39 Å². The van der Waals surface area contributed by atoms with Gasteiger partial charge in [-0.3, -0.25) is 14.5 Å². The molecule has 5 rings (SSSR count). The highest BCUT2D eigenvalue weighted by molar-refractivity contribution is 6.01. The van der Waals surface area contributed by atoms with E-state index in [0.29, 0.717) is 31.0 Å². The van der Waals surface area contributed by atoms with Gasteiger partial charge >= 0.3 is 0 Å². The highest BCUT2D eigenvalue weighted by atomic mass is 19.1. The minimum absolute atomic E-state index is 0.191. The fraction of sp³-hybridized carbons (Fsp3) is 0.393. The molecule has 2 aliphatic rings. The highest BCUT2D eigenvalue weighted by Crippen LogP contribution is 2.33. The summed E-state index contributed by atoms with van der Waals surface area (Å²) in [5.74, 6) is 1.09. The molecule has 2 aromatic carbocycles. The molecule has 0 saturated carbocycles. The topological polar surface area (TPSA) is 110 Å². The number of rotatable bonds is 11. The number of amides is 2. The number of halogens is 1. The van der Waals surface area contributed by atoms with Crippen LogP contribution in [0.1, 0.15) is 51.5 Å². The summed E-state index contributed by atoms with van der Waals surface area (Å²) in [4.78, 5) is 44.5. The SMILES string of the molecule is CNC(=O)C(CCC=O)N1Cc2c(OCc3ccc(CN4CCn5nc(CF)nc5C4)cc3)cccc2C1=O. The Labute approximate surface area is 225 Å². The van der Waals surface area contributed by atoms with Crippen LogP contribution in [0.15, 0.2) is 42.5 Å². The number of likely N-dealkylation sites (N-methyl/N-ethyl adjacent to an activating group) is 1. The molecule has 2 aliphatic heterocycles. The van der Waals surface area contributed by atoms with Gasteiger partial charge in [0.05, 0.1) is 19.6 Å². The van der Waals surface area contributed by atoms with Crippen molar-refractivity contribution in [1.29, 1.82) is 0 Å². The van der Waals surface area contributed by atoms with Crippen LogP contribution in [0.3, 0.4) is 0 Å². The molecule has 0 radical (unpaired) electrons. The first-order valence-corrected chi connectivity index (χ1v) is 13.0. The lowest BCUT2D eigenvalue weighted by Gasteiger charge is -2.26. The molecule has 3 heterocycles. The van der Waals surface area contributed by atoms with E-state index < -0.39 is 12.7 Å². The van der Waals surface area contributed by atoms with Gasteiger partial charge in [-0.1, -0.05) is 30.3 Å². The number of nitrogens with zero attached hydrogens (tertiary/aromatic N) is 5. The standard InChI is InChI=1S/C28H31FN6O4/c1-30-27(37)23(5-3-13-36)34-16-22-21(28(34)38)4-2-6-24(22)39-18-20-9-7-19(8-10-20)15-33-11-12-35-26(17-33)31-25(14-29)32-35/h2,4,6-10,13,23H,3,5,11-12,14-18H2,1H3,(H,30,37). The molecule has 0 saturated heterocycles. The van der Waals surface area contributed by atoms with E-state index in [4.69, 9.17) is 4.74 Å². The van der Waals surface area contributed by atoms with Crippen LogP contribution < -0.4 is 10.1 Å². The smallest absolute Gasteiger partial charge is 0.255 e. The van der Waals surface area contributed by atoms with Gasteiger partial charge in [-0.15, -0.1) is 0 Å². The second-order valence-corrected chi connectivity index (χ2v) is 9.71. The number of ether oxygens (including phenoxy) is 1. The van der Waals surface area contributed by atoms with E-state index in [9.17, 15) is 18.8 Å². The lowest BCUT2D eigenvalue weighted by Crippen LogP contribution is -2.46. The molecule has 1 aromatic heterocycles. The lowest BCUT2D eigenvalue weighted by molar-refractivity contribution is -0.125. The third kappa shape index (κ3) is 5.68. The van der Waals surface area contributed by atoms with Crippen LogP contribution in [-0.2, 0) is 49.0 Å². The number of alkyl halides is 1. The number of benzene rings is 2. The second kappa shape index (κ2) is 11.7. The van der Waals surface area contributed by atoms with Crippen LogP contribution in [0, 0.1) is 0 Å². The second-order valence-electron chi connectivity index (χ2n) is 9.71. The number of carbonyl (C=O) groups excluding carboxylic acids is 3. The van der Waals surface area contributed by atoms with Crippen LogP contribution in [0.5, 0.6) is 5.75 Å². The Morgan fingerprint density at radius 2 is 1.95 bits per heavy atom. The molecule has 0 fully saturated rings. The maximum atomic E-state index is 13.1. The number of hydrogen-bond acceptors (Lipinski definition) is 7. The van der Waals surface area contributed by atoms with Crippen molar-refractivity contribution in [2.45, 2.75) is 58.3 Å². The highest BCUT2D eigenvalue weighted by Gasteiger charge is 2.37. The minimum Gasteiger partial charge on any atom is -0.489 e. The van der Waals surface area contributed by atoms with Crippen molar-refractivity contribution >= 4 is 18.1 Å². The average Bonchev–Trinajstić information content (AvgIpc) is 3.53. The fourth-order valence-corrected chi connectivity index (χ4v) is 5.12. The van der Waals surface area contributed by atoms with Crippen LogP contribution >= 0.6 is 0 Å². The Morgan fingerprint density at radius 1 is 1.15 bits per heavy atom. The molecule has 1 N–H and O–H groups in total. The Hall–Kier alpha value is -4.12. The summed E-state index contributed by atoms with van der Waals surface area (Å²) in [6.07, 6.45) is 1.21. The van der Waals surface area contributed by atoms with Gasteiger partial charge in [0.1, 0.15) is 30.5 Å². The van der Waals surface area contributed by atoms with Crippen LogP contribution in [-0.4, -0.2) is 62.3 Å². The first-order valence-electron chi connectivity index (χ1n) is 13.0. The molecule has 0 spiro atoms. The molecule has 1 atom stereocenters. The Morgan fingerprint density at radius 3 is 2.69 bits per heavy atom. The van der Waals surface area contributed by atoms with Gasteiger partial charge in [-0.05, 0) is 29.7 Å². The first kappa shape index (κ1) is 26.5. The summed E-state index contributed by atoms with van der Waals surface area (Å²) in [7, 11) is 1.52. The maximum absolute atomic E-state index is 13.1. The number of aromatic nitrogens is 3. The minimum atomic E-state index is -0.720. The summed E-state index contributed by atoms with van der Waals surface area (Å²) in [5.41, 5.74) is 3.39. The van der Waals surface area contributed by atoms with Crippen molar-refractivity contribution < 1.29 is 23.5 Å². The third-order valence-electron chi connectivity index (χ3n) is 7.16. The molecule has 2 amide bonds. The van der Waals surface area contributed by atoms with E-state index in [2.05, 4.69) is 32.4 Å². The first-order chi connectivity index (χ1) is 19.0. The van der Waals surface area contributed by atoms with Gasteiger partial charge in [-0.2, -0.15) is 5.10 Å². The molecular weight excluding hydrogens is 503 g/mol. The van der Waals surface area contributed by atoms with Gasteiger partial charge in [0.15, 0.2) is 12.5 Å². The van der Waals surface area contributed by atoms with Crippen LogP contribution in [0.25, 0.3) is 0 Å². The van der Waals surface area contributed by atoms with Gasteiger partial charge < -0.3 is 19.7 Å². The Balaban J connectivity index is 1.20. The van der Waals surface area contributed by atoms with E-state index in [0.717, 1.165) is 41.9 Å². The van der Waals surface area contributed by atoms with Gasteiger partial charge in [0.2, 0.25) is 5.91 Å². The predicted octanol–water partition coefficient (Wildman–Crippen LogP) is 2.39. The van der Waals surface area contributed by atoms with Crippen molar-refractivity contribution in [3.8, 4) is 5.75 Å². The normalized spacial score (nSPS) is 15.5. The monoisotopic (exact) mass is 534 g/mol. The number of nitrogens with one attached hydrogen (secondary N) is 1. The molecule has 0 bridgehead atoms. The molecule has 3 aromatic rings. The maximum Gasteiger partial charge on any atom is 0.255 e. The van der Waals surface area contributed by atoms with Crippen molar-refractivity contribution in [3.63, 3.8) is 0 Å². The van der Waals surface area contributed by atoms with E-state index >= 15 is 0 Å². The van der Waals surface area contributed by atoms with E-state index in [-0.39, 0.29) is 37.0 Å². The molecule has 204 valence electrons. The van der Waals surface area contributed by atoms with Crippen LogP contribution in [0.2, 0.25) is 0 Å². The summed E-state index contributed by atoms with van der Waals surface area (Å²) in [5, 5.41) is 6.76. The summed E-state index contributed by atoms with van der Waals surface area (Å²) in [6, 6.07) is 12.8.